The Morgan fingerprint density at radius 3 is 1.71 bits per heavy atom. The average Bonchev–Trinajstić information content (AvgIpc) is 2.30. The molecule has 1 nitrogen and oxygen atoms in total. The van der Waals surface area contributed by atoms with Gasteiger partial charge >= 0.3 is 0 Å². The van der Waals surface area contributed by atoms with Gasteiger partial charge in [-0.1, -0.05) is 24.3 Å². The Labute approximate surface area is 98.7 Å². The highest BCUT2D eigenvalue weighted by Crippen LogP contribution is 2.26. The molecule has 0 atom stereocenters. The van der Waals surface area contributed by atoms with Crippen molar-refractivity contribution in [3.05, 3.63) is 71.3 Å². The first kappa shape index (κ1) is 11.7. The van der Waals surface area contributed by atoms with Crippen molar-refractivity contribution in [1.82, 2.24) is 0 Å². The van der Waals surface area contributed by atoms with Crippen LogP contribution < -0.4 is 0 Å². The van der Waals surface area contributed by atoms with Crippen molar-refractivity contribution in [2.24, 2.45) is 0 Å². The van der Waals surface area contributed by atoms with Gasteiger partial charge in [-0.05, 0) is 35.4 Å². The number of hydrogen-bond donors (Lipinski definition) is 0. The monoisotopic (exact) mass is 234 g/mol. The molecule has 0 unspecified atom stereocenters. The van der Waals surface area contributed by atoms with E-state index in [-0.39, 0.29) is 11.6 Å². The fourth-order valence-corrected chi connectivity index (χ4v) is 1.80. The number of ether oxygens (including phenoxy) is 1. The lowest BCUT2D eigenvalue weighted by Gasteiger charge is -2.16. The molecule has 0 heterocycles. The molecule has 0 aromatic heterocycles. The number of halogens is 2. The SMILES string of the molecule is COC(c1cccc(F)c1)c1cccc(F)c1. The predicted molar refractivity (Wildman–Crippen MR) is 61.7 cm³/mol. The van der Waals surface area contributed by atoms with E-state index in [0.717, 1.165) is 0 Å². The van der Waals surface area contributed by atoms with Gasteiger partial charge in [-0.2, -0.15) is 0 Å². The second kappa shape index (κ2) is 5.06. The zero-order valence-corrected chi connectivity index (χ0v) is 9.36. The average molecular weight is 234 g/mol. The molecule has 0 saturated carbocycles. The molecule has 0 bridgehead atoms. The van der Waals surface area contributed by atoms with E-state index in [0.29, 0.717) is 11.1 Å². The first-order chi connectivity index (χ1) is 8.20. The van der Waals surface area contributed by atoms with Crippen LogP contribution in [0.5, 0.6) is 0 Å². The molecule has 2 aromatic carbocycles. The number of hydrogen-bond acceptors (Lipinski definition) is 1. The van der Waals surface area contributed by atoms with Crippen molar-refractivity contribution in [3.8, 4) is 0 Å². The Kier molecular flexibility index (Phi) is 3.49. The van der Waals surface area contributed by atoms with Crippen LogP contribution >= 0.6 is 0 Å². The van der Waals surface area contributed by atoms with Crippen LogP contribution in [-0.2, 0) is 4.74 Å². The molecule has 0 amide bonds. The van der Waals surface area contributed by atoms with Gasteiger partial charge in [0.2, 0.25) is 0 Å². The summed E-state index contributed by atoms with van der Waals surface area (Å²) in [5.41, 5.74) is 1.33. The topological polar surface area (TPSA) is 9.23 Å². The fraction of sp³-hybridized carbons (Fsp3) is 0.143. The Hall–Kier alpha value is -1.74. The minimum absolute atomic E-state index is 0.332. The summed E-state index contributed by atoms with van der Waals surface area (Å²) in [6.45, 7) is 0. The quantitative estimate of drug-likeness (QED) is 0.786. The summed E-state index contributed by atoms with van der Waals surface area (Å²) < 4.78 is 31.6. The van der Waals surface area contributed by atoms with Crippen LogP contribution in [0.1, 0.15) is 17.2 Å². The van der Waals surface area contributed by atoms with Gasteiger partial charge in [0.1, 0.15) is 17.7 Å². The summed E-state index contributed by atoms with van der Waals surface area (Å²) in [4.78, 5) is 0. The van der Waals surface area contributed by atoms with Crippen LogP contribution in [0.15, 0.2) is 48.5 Å². The van der Waals surface area contributed by atoms with Crippen molar-refractivity contribution < 1.29 is 13.5 Å². The van der Waals surface area contributed by atoms with E-state index in [9.17, 15) is 8.78 Å². The lowest BCUT2D eigenvalue weighted by molar-refractivity contribution is 0.136. The summed E-state index contributed by atoms with van der Waals surface area (Å²) in [5, 5.41) is 0. The maximum absolute atomic E-state index is 13.1. The van der Waals surface area contributed by atoms with Crippen LogP contribution in [0.3, 0.4) is 0 Å². The van der Waals surface area contributed by atoms with E-state index >= 15 is 0 Å². The molecule has 3 heteroatoms. The Balaban J connectivity index is 2.40. The number of benzene rings is 2. The summed E-state index contributed by atoms with van der Waals surface area (Å²) >= 11 is 0. The van der Waals surface area contributed by atoms with E-state index < -0.39 is 6.10 Å². The van der Waals surface area contributed by atoms with Crippen molar-refractivity contribution in [3.63, 3.8) is 0 Å². The molecular weight excluding hydrogens is 222 g/mol. The summed E-state index contributed by atoms with van der Waals surface area (Å²) in [6, 6.07) is 12.2. The minimum Gasteiger partial charge on any atom is -0.372 e. The first-order valence-corrected chi connectivity index (χ1v) is 5.24. The molecule has 0 saturated heterocycles. The Bertz CT molecular complexity index is 466. The highest BCUT2D eigenvalue weighted by atomic mass is 19.1. The predicted octanol–water partition coefficient (Wildman–Crippen LogP) is 3.70. The fourth-order valence-electron chi connectivity index (χ4n) is 1.80. The van der Waals surface area contributed by atoms with E-state index in [1.165, 1.54) is 31.4 Å². The summed E-state index contributed by atoms with van der Waals surface area (Å²) in [6.07, 6.45) is -0.457. The van der Waals surface area contributed by atoms with Gasteiger partial charge in [0, 0.05) is 7.11 Å². The summed E-state index contributed by atoms with van der Waals surface area (Å²) in [7, 11) is 1.51. The largest absolute Gasteiger partial charge is 0.372 e. The molecular formula is C14H12F2O. The maximum Gasteiger partial charge on any atom is 0.123 e. The second-order valence-electron chi connectivity index (χ2n) is 3.73. The molecule has 0 radical (unpaired) electrons. The minimum atomic E-state index is -0.457. The van der Waals surface area contributed by atoms with Crippen LogP contribution in [0, 0.1) is 11.6 Å². The lowest BCUT2D eigenvalue weighted by Crippen LogP contribution is -2.04. The highest BCUT2D eigenvalue weighted by Gasteiger charge is 2.14. The van der Waals surface area contributed by atoms with Gasteiger partial charge in [0.25, 0.3) is 0 Å². The molecule has 2 rings (SSSR count). The van der Waals surface area contributed by atoms with Gasteiger partial charge in [-0.15, -0.1) is 0 Å². The first-order valence-electron chi connectivity index (χ1n) is 5.24. The zero-order valence-electron chi connectivity index (χ0n) is 9.36. The number of methoxy groups -OCH3 is 1. The third-order valence-corrected chi connectivity index (χ3v) is 2.54. The van der Waals surface area contributed by atoms with Crippen molar-refractivity contribution in [2.45, 2.75) is 6.10 Å². The van der Waals surface area contributed by atoms with Gasteiger partial charge < -0.3 is 4.74 Å². The van der Waals surface area contributed by atoms with Gasteiger partial charge in [-0.25, -0.2) is 8.78 Å². The molecule has 2 aromatic rings. The van der Waals surface area contributed by atoms with Crippen molar-refractivity contribution in [1.29, 1.82) is 0 Å². The van der Waals surface area contributed by atoms with Crippen molar-refractivity contribution >= 4 is 0 Å². The van der Waals surface area contributed by atoms with E-state index in [1.54, 1.807) is 24.3 Å². The van der Waals surface area contributed by atoms with Crippen LogP contribution in [0.25, 0.3) is 0 Å². The van der Waals surface area contributed by atoms with Gasteiger partial charge in [0.05, 0.1) is 0 Å². The lowest BCUT2D eigenvalue weighted by atomic mass is 10.0. The second-order valence-corrected chi connectivity index (χ2v) is 3.73. The van der Waals surface area contributed by atoms with Crippen LogP contribution in [0.2, 0.25) is 0 Å². The van der Waals surface area contributed by atoms with Gasteiger partial charge in [0.15, 0.2) is 0 Å². The molecule has 0 aliphatic heterocycles. The molecule has 88 valence electrons. The van der Waals surface area contributed by atoms with E-state index in [1.807, 2.05) is 0 Å². The smallest absolute Gasteiger partial charge is 0.123 e. The third-order valence-electron chi connectivity index (χ3n) is 2.54. The Morgan fingerprint density at radius 2 is 1.35 bits per heavy atom. The molecule has 0 spiro atoms. The Morgan fingerprint density at radius 1 is 0.882 bits per heavy atom. The molecule has 0 aliphatic rings. The van der Waals surface area contributed by atoms with Crippen LogP contribution in [-0.4, -0.2) is 7.11 Å². The van der Waals surface area contributed by atoms with Crippen LogP contribution in [0.4, 0.5) is 8.78 Å². The molecule has 17 heavy (non-hydrogen) atoms. The van der Waals surface area contributed by atoms with Crippen molar-refractivity contribution in [2.75, 3.05) is 7.11 Å². The zero-order chi connectivity index (χ0) is 12.3. The number of rotatable bonds is 3. The normalized spacial score (nSPS) is 10.8. The molecule has 0 fully saturated rings. The van der Waals surface area contributed by atoms with E-state index in [2.05, 4.69) is 0 Å². The highest BCUT2D eigenvalue weighted by molar-refractivity contribution is 5.30. The third kappa shape index (κ3) is 2.68. The molecule has 0 aliphatic carbocycles. The summed E-state index contributed by atoms with van der Waals surface area (Å²) in [5.74, 6) is -0.665. The van der Waals surface area contributed by atoms with Gasteiger partial charge in [-0.3, -0.25) is 0 Å². The standard InChI is InChI=1S/C14H12F2O/c1-17-14(10-4-2-6-12(15)8-10)11-5-3-7-13(16)9-11/h2-9,14H,1H3. The van der Waals surface area contributed by atoms with E-state index in [4.69, 9.17) is 4.74 Å². The maximum atomic E-state index is 13.1. The molecule has 0 N–H and O–H groups in total.